The Bertz CT molecular complexity index is 2500. The Morgan fingerprint density at radius 3 is 1.35 bits per heavy atom. The Balaban J connectivity index is 1.18. The van der Waals surface area contributed by atoms with Gasteiger partial charge in [0.2, 0.25) is 0 Å². The molecule has 0 aliphatic rings. The predicted octanol–water partition coefficient (Wildman–Crippen LogP) is 11.8. The van der Waals surface area contributed by atoms with Crippen LogP contribution in [0.4, 0.5) is 17.1 Å². The van der Waals surface area contributed by atoms with Crippen molar-refractivity contribution in [2.24, 2.45) is 0 Å². The highest BCUT2D eigenvalue weighted by Crippen LogP contribution is 2.40. The van der Waals surface area contributed by atoms with Crippen molar-refractivity contribution in [2.75, 3.05) is 4.90 Å². The molecule has 0 radical (unpaired) electrons. The minimum absolute atomic E-state index is 0.814. The SMILES string of the molecule is Cc1cc(N(c2ccccc2)c2ccc(-n3c4ccccc4c4ccccc43)cc2)cc(C)c1-n1c(-c2ccccc2)nnc1-c1ccccc1. The molecule has 0 saturated heterocycles. The number of fused-ring (bicyclic) bond motifs is 3. The third-order valence-electron chi connectivity index (χ3n) is 9.65. The molecule has 9 aromatic rings. The molecule has 244 valence electrons. The smallest absolute Gasteiger partial charge is 0.168 e. The van der Waals surface area contributed by atoms with Gasteiger partial charge in [-0.1, -0.05) is 115 Å². The van der Waals surface area contributed by atoms with Gasteiger partial charge in [0.05, 0.1) is 16.7 Å². The van der Waals surface area contributed by atoms with Gasteiger partial charge in [0, 0.05) is 44.6 Å². The number of para-hydroxylation sites is 3. The van der Waals surface area contributed by atoms with Crippen molar-refractivity contribution in [3.63, 3.8) is 0 Å². The van der Waals surface area contributed by atoms with Gasteiger partial charge >= 0.3 is 0 Å². The van der Waals surface area contributed by atoms with Crippen LogP contribution in [-0.4, -0.2) is 19.3 Å². The van der Waals surface area contributed by atoms with Crippen LogP contribution in [0.2, 0.25) is 0 Å². The highest BCUT2D eigenvalue weighted by Gasteiger charge is 2.22. The average Bonchev–Trinajstić information content (AvgIpc) is 3.76. The predicted molar refractivity (Wildman–Crippen MR) is 211 cm³/mol. The van der Waals surface area contributed by atoms with Crippen LogP contribution >= 0.6 is 0 Å². The Labute approximate surface area is 297 Å². The molecule has 5 nitrogen and oxygen atoms in total. The summed E-state index contributed by atoms with van der Waals surface area (Å²) in [4.78, 5) is 2.34. The van der Waals surface area contributed by atoms with Gasteiger partial charge in [0.1, 0.15) is 0 Å². The fourth-order valence-corrected chi connectivity index (χ4v) is 7.44. The monoisotopic (exact) mass is 657 g/mol. The standard InChI is InChI=1S/C46H35N5/c1-32-30-39(31-33(2)44(32)51-45(34-16-6-3-7-17-34)47-48-46(51)35-18-8-4-9-19-35)49(36-20-10-5-11-21-36)37-26-28-38(29-27-37)50-42-24-14-12-22-40(42)41-23-13-15-25-43(41)50/h3-31H,1-2H3. The number of aromatic nitrogens is 4. The average molecular weight is 658 g/mol. The molecule has 2 aromatic heterocycles. The minimum atomic E-state index is 0.814. The molecule has 0 aliphatic carbocycles. The van der Waals surface area contributed by atoms with Crippen molar-refractivity contribution in [3.8, 4) is 34.2 Å². The number of hydrogen-bond donors (Lipinski definition) is 0. The summed E-state index contributed by atoms with van der Waals surface area (Å²) >= 11 is 0. The summed E-state index contributed by atoms with van der Waals surface area (Å²) in [6.07, 6.45) is 0. The van der Waals surface area contributed by atoms with E-state index in [1.54, 1.807) is 0 Å². The van der Waals surface area contributed by atoms with Gasteiger partial charge < -0.3 is 9.47 Å². The molecule has 0 spiro atoms. The van der Waals surface area contributed by atoms with Crippen molar-refractivity contribution in [1.29, 1.82) is 0 Å². The first-order valence-corrected chi connectivity index (χ1v) is 17.3. The molecule has 0 fully saturated rings. The summed E-state index contributed by atoms with van der Waals surface area (Å²) in [5, 5.41) is 12.0. The second kappa shape index (κ2) is 12.6. The number of nitrogens with zero attached hydrogens (tertiary/aromatic N) is 5. The van der Waals surface area contributed by atoms with Gasteiger partial charge in [0.25, 0.3) is 0 Å². The highest BCUT2D eigenvalue weighted by atomic mass is 15.3. The summed E-state index contributed by atoms with van der Waals surface area (Å²) in [5.74, 6) is 1.63. The van der Waals surface area contributed by atoms with Gasteiger partial charge in [-0.3, -0.25) is 4.57 Å². The molecule has 0 atom stereocenters. The maximum Gasteiger partial charge on any atom is 0.168 e. The van der Waals surface area contributed by atoms with Crippen molar-refractivity contribution in [1.82, 2.24) is 19.3 Å². The third kappa shape index (κ3) is 5.27. The second-order valence-corrected chi connectivity index (χ2v) is 12.9. The lowest BCUT2D eigenvalue weighted by atomic mass is 10.0. The largest absolute Gasteiger partial charge is 0.310 e. The van der Waals surface area contributed by atoms with Crippen molar-refractivity contribution in [3.05, 3.63) is 187 Å². The van der Waals surface area contributed by atoms with E-state index in [-0.39, 0.29) is 0 Å². The molecule has 51 heavy (non-hydrogen) atoms. The first-order chi connectivity index (χ1) is 25.2. The molecule has 0 saturated carbocycles. The van der Waals surface area contributed by atoms with Gasteiger partial charge in [-0.15, -0.1) is 10.2 Å². The quantitative estimate of drug-likeness (QED) is 0.171. The van der Waals surface area contributed by atoms with Crippen LogP contribution in [0.25, 0.3) is 56.0 Å². The van der Waals surface area contributed by atoms with E-state index in [4.69, 9.17) is 10.2 Å². The molecule has 0 aliphatic heterocycles. The summed E-state index contributed by atoms with van der Waals surface area (Å²) in [7, 11) is 0. The normalized spacial score (nSPS) is 11.3. The van der Waals surface area contributed by atoms with E-state index in [0.29, 0.717) is 0 Å². The van der Waals surface area contributed by atoms with Gasteiger partial charge in [-0.05, 0) is 85.6 Å². The third-order valence-corrected chi connectivity index (χ3v) is 9.65. The van der Waals surface area contributed by atoms with Gasteiger partial charge in [-0.2, -0.15) is 0 Å². The summed E-state index contributed by atoms with van der Waals surface area (Å²) in [6, 6.07) is 61.9. The van der Waals surface area contributed by atoms with Crippen LogP contribution in [0.1, 0.15) is 11.1 Å². The van der Waals surface area contributed by atoms with Gasteiger partial charge in [-0.25, -0.2) is 0 Å². The topological polar surface area (TPSA) is 38.9 Å². The summed E-state index contributed by atoms with van der Waals surface area (Å²) in [5.41, 5.74) is 12.2. The molecule has 0 bridgehead atoms. The van der Waals surface area contributed by atoms with Crippen LogP contribution in [-0.2, 0) is 0 Å². The molecule has 0 amide bonds. The van der Waals surface area contributed by atoms with E-state index in [1.165, 1.54) is 21.8 Å². The maximum absolute atomic E-state index is 4.74. The number of aryl methyl sites for hydroxylation is 2. The zero-order chi connectivity index (χ0) is 34.3. The molecule has 9 rings (SSSR count). The lowest BCUT2D eigenvalue weighted by molar-refractivity contribution is 1.03. The lowest BCUT2D eigenvalue weighted by Crippen LogP contribution is -2.12. The second-order valence-electron chi connectivity index (χ2n) is 12.9. The molecular weight excluding hydrogens is 623 g/mol. The fraction of sp³-hybridized carbons (Fsp3) is 0.0435. The van der Waals surface area contributed by atoms with E-state index < -0.39 is 0 Å². The van der Waals surface area contributed by atoms with Crippen molar-refractivity contribution >= 4 is 38.9 Å². The van der Waals surface area contributed by atoms with E-state index in [2.05, 4.69) is 167 Å². The number of benzene rings is 7. The van der Waals surface area contributed by atoms with E-state index in [1.807, 2.05) is 36.4 Å². The maximum atomic E-state index is 4.74. The first-order valence-electron chi connectivity index (χ1n) is 17.3. The zero-order valence-electron chi connectivity index (χ0n) is 28.5. The molecule has 7 aromatic carbocycles. The summed E-state index contributed by atoms with van der Waals surface area (Å²) < 4.78 is 4.57. The van der Waals surface area contributed by atoms with E-state index >= 15 is 0 Å². The Morgan fingerprint density at radius 1 is 0.412 bits per heavy atom. The van der Waals surface area contributed by atoms with E-state index in [9.17, 15) is 0 Å². The minimum Gasteiger partial charge on any atom is -0.310 e. The molecule has 2 heterocycles. The van der Waals surface area contributed by atoms with Gasteiger partial charge in [0.15, 0.2) is 11.6 Å². The lowest BCUT2D eigenvalue weighted by Gasteiger charge is -2.28. The van der Waals surface area contributed by atoms with Crippen LogP contribution < -0.4 is 4.90 Å². The highest BCUT2D eigenvalue weighted by molar-refractivity contribution is 6.09. The Kier molecular flexibility index (Phi) is 7.51. The van der Waals surface area contributed by atoms with Crippen molar-refractivity contribution in [2.45, 2.75) is 13.8 Å². The first kappa shape index (κ1) is 30.3. The zero-order valence-corrected chi connectivity index (χ0v) is 28.5. The van der Waals surface area contributed by atoms with E-state index in [0.717, 1.165) is 62.3 Å². The molecule has 5 heteroatoms. The number of anilines is 3. The van der Waals surface area contributed by atoms with Crippen LogP contribution in [0, 0.1) is 13.8 Å². The molecular formula is C46H35N5. The molecule has 0 unspecified atom stereocenters. The molecule has 0 N–H and O–H groups in total. The van der Waals surface area contributed by atoms with Crippen LogP contribution in [0.5, 0.6) is 0 Å². The number of hydrogen-bond acceptors (Lipinski definition) is 3. The Morgan fingerprint density at radius 2 is 0.843 bits per heavy atom. The van der Waals surface area contributed by atoms with Crippen LogP contribution in [0.3, 0.4) is 0 Å². The van der Waals surface area contributed by atoms with Crippen LogP contribution in [0.15, 0.2) is 176 Å². The Hall–Kier alpha value is -6.72. The number of rotatable bonds is 7. The fourth-order valence-electron chi connectivity index (χ4n) is 7.44. The van der Waals surface area contributed by atoms with Crippen molar-refractivity contribution < 1.29 is 0 Å². The summed E-state index contributed by atoms with van der Waals surface area (Å²) in [6.45, 7) is 4.37.